The number of carbonyl (C=O) groups excluding carboxylic acids is 1. The van der Waals surface area contributed by atoms with Crippen LogP contribution in [0.15, 0.2) is 41.9 Å². The third-order valence-electron chi connectivity index (χ3n) is 2.64. The molecule has 22 heavy (non-hydrogen) atoms. The molecule has 0 radical (unpaired) electrons. The zero-order valence-corrected chi connectivity index (χ0v) is 15.7. The predicted octanol–water partition coefficient (Wildman–Crippen LogP) is 3.03. The average Bonchev–Trinajstić information content (AvgIpc) is 2.49. The van der Waals surface area contributed by atoms with Crippen LogP contribution < -0.4 is 16.0 Å². The van der Waals surface area contributed by atoms with E-state index in [0.717, 1.165) is 5.69 Å². The summed E-state index contributed by atoms with van der Waals surface area (Å²) in [6, 6.07) is 7.04. The predicted molar refractivity (Wildman–Crippen MR) is 104 cm³/mol. The van der Waals surface area contributed by atoms with Gasteiger partial charge < -0.3 is 16.0 Å². The van der Waals surface area contributed by atoms with Crippen LogP contribution in [-0.2, 0) is 4.79 Å². The number of nitrogens with zero attached hydrogens (tertiary/aromatic N) is 1. The highest BCUT2D eigenvalue weighted by atomic mass is 127. The smallest absolute Gasteiger partial charge is 0.224 e. The van der Waals surface area contributed by atoms with E-state index in [2.05, 4.69) is 27.5 Å². The second kappa shape index (κ2) is 12.3. The molecule has 1 aromatic carbocycles. The van der Waals surface area contributed by atoms with Crippen LogP contribution in [0.25, 0.3) is 0 Å². The summed E-state index contributed by atoms with van der Waals surface area (Å²) in [6.45, 7) is 4.95. The Morgan fingerprint density at radius 2 is 2.00 bits per heavy atom. The summed E-state index contributed by atoms with van der Waals surface area (Å²) < 4.78 is 0. The van der Waals surface area contributed by atoms with Gasteiger partial charge in [0.05, 0.1) is 0 Å². The van der Waals surface area contributed by atoms with Crippen LogP contribution in [0.2, 0.25) is 5.02 Å². The number of nitrogens with one attached hydrogen (secondary N) is 3. The van der Waals surface area contributed by atoms with Crippen molar-refractivity contribution in [1.82, 2.24) is 10.6 Å². The molecule has 0 aliphatic carbocycles. The van der Waals surface area contributed by atoms with E-state index in [1.54, 1.807) is 37.4 Å². The van der Waals surface area contributed by atoms with Crippen molar-refractivity contribution in [3.05, 3.63) is 41.9 Å². The Bertz CT molecular complexity index is 491. The Morgan fingerprint density at radius 3 is 2.59 bits per heavy atom. The van der Waals surface area contributed by atoms with Crippen molar-refractivity contribution in [2.45, 2.75) is 12.8 Å². The first kappa shape index (κ1) is 20.7. The standard InChI is InChI=1S/C15H21ClN4O.HI/c1-3-10-18-15(17-2)19-11-4-5-14(21)20-13-8-6-12(16)7-9-13;/h3,6-9H,1,4-5,10-11H2,2H3,(H,20,21)(H2,17,18,19);1H. The van der Waals surface area contributed by atoms with E-state index in [1.165, 1.54) is 0 Å². The zero-order valence-electron chi connectivity index (χ0n) is 12.6. The lowest BCUT2D eigenvalue weighted by Crippen LogP contribution is -2.37. The van der Waals surface area contributed by atoms with Crippen LogP contribution in [0.5, 0.6) is 0 Å². The molecule has 1 amide bonds. The van der Waals surface area contributed by atoms with Gasteiger partial charge in [0.1, 0.15) is 0 Å². The second-order valence-electron chi connectivity index (χ2n) is 4.33. The largest absolute Gasteiger partial charge is 0.356 e. The Labute approximate surface area is 153 Å². The fourth-order valence-electron chi connectivity index (χ4n) is 1.60. The Hall–Kier alpha value is -1.28. The van der Waals surface area contributed by atoms with Crippen molar-refractivity contribution in [3.8, 4) is 0 Å². The van der Waals surface area contributed by atoms with Gasteiger partial charge in [-0.1, -0.05) is 17.7 Å². The van der Waals surface area contributed by atoms with Gasteiger partial charge in [-0.25, -0.2) is 0 Å². The quantitative estimate of drug-likeness (QED) is 0.202. The van der Waals surface area contributed by atoms with Crippen LogP contribution in [0.1, 0.15) is 12.8 Å². The highest BCUT2D eigenvalue weighted by Crippen LogP contribution is 2.13. The Kier molecular flexibility index (Phi) is 11.6. The lowest BCUT2D eigenvalue weighted by Gasteiger charge is -2.10. The third-order valence-corrected chi connectivity index (χ3v) is 2.89. The third kappa shape index (κ3) is 8.89. The number of hydrogen-bond acceptors (Lipinski definition) is 2. The fourth-order valence-corrected chi connectivity index (χ4v) is 1.73. The van der Waals surface area contributed by atoms with Crippen LogP contribution in [0.3, 0.4) is 0 Å². The maximum atomic E-state index is 11.8. The van der Waals surface area contributed by atoms with E-state index in [1.807, 2.05) is 0 Å². The Balaban J connectivity index is 0.00000441. The van der Waals surface area contributed by atoms with Crippen LogP contribution in [0, 0.1) is 0 Å². The van der Waals surface area contributed by atoms with Crippen LogP contribution >= 0.6 is 35.6 Å². The number of carbonyl (C=O) groups is 1. The minimum absolute atomic E-state index is 0. The molecule has 0 fully saturated rings. The molecule has 0 atom stereocenters. The fraction of sp³-hybridized carbons (Fsp3) is 0.333. The minimum Gasteiger partial charge on any atom is -0.356 e. The monoisotopic (exact) mass is 436 g/mol. The summed E-state index contributed by atoms with van der Waals surface area (Å²) >= 11 is 5.79. The van der Waals surface area contributed by atoms with Crippen LogP contribution in [-0.4, -0.2) is 32.0 Å². The molecule has 0 saturated heterocycles. The SMILES string of the molecule is C=CCNC(=NC)NCCCC(=O)Nc1ccc(Cl)cc1.I. The number of hydrogen-bond donors (Lipinski definition) is 3. The van der Waals surface area contributed by atoms with E-state index in [0.29, 0.717) is 36.9 Å². The van der Waals surface area contributed by atoms with Gasteiger partial charge in [-0.05, 0) is 30.7 Å². The van der Waals surface area contributed by atoms with E-state index in [-0.39, 0.29) is 29.9 Å². The number of benzene rings is 1. The normalized spacial score (nSPS) is 10.4. The lowest BCUT2D eigenvalue weighted by atomic mass is 10.2. The zero-order chi connectivity index (χ0) is 15.5. The highest BCUT2D eigenvalue weighted by Gasteiger charge is 2.02. The van der Waals surface area contributed by atoms with Crippen molar-refractivity contribution in [2.75, 3.05) is 25.5 Å². The molecule has 0 unspecified atom stereocenters. The number of anilines is 1. The molecule has 1 rings (SSSR count). The summed E-state index contributed by atoms with van der Waals surface area (Å²) in [7, 11) is 1.70. The van der Waals surface area contributed by atoms with Gasteiger partial charge in [-0.2, -0.15) is 0 Å². The van der Waals surface area contributed by atoms with E-state index < -0.39 is 0 Å². The van der Waals surface area contributed by atoms with Gasteiger partial charge in [-0.15, -0.1) is 30.6 Å². The topological polar surface area (TPSA) is 65.5 Å². The molecule has 5 nitrogen and oxygen atoms in total. The van der Waals surface area contributed by atoms with E-state index in [4.69, 9.17) is 11.6 Å². The first-order valence-electron chi connectivity index (χ1n) is 6.76. The van der Waals surface area contributed by atoms with Gasteiger partial charge in [0, 0.05) is 37.3 Å². The van der Waals surface area contributed by atoms with E-state index in [9.17, 15) is 4.79 Å². The number of halogens is 2. The first-order valence-corrected chi connectivity index (χ1v) is 7.14. The molecule has 122 valence electrons. The first-order chi connectivity index (χ1) is 10.2. The molecule has 3 N–H and O–H groups in total. The molecule has 1 aromatic rings. The maximum absolute atomic E-state index is 11.8. The van der Waals surface area contributed by atoms with Crippen molar-refractivity contribution in [1.29, 1.82) is 0 Å². The summed E-state index contributed by atoms with van der Waals surface area (Å²) in [5.74, 6) is 0.682. The van der Waals surface area contributed by atoms with Gasteiger partial charge >= 0.3 is 0 Å². The van der Waals surface area contributed by atoms with E-state index >= 15 is 0 Å². The summed E-state index contributed by atoms with van der Waals surface area (Å²) in [5.41, 5.74) is 0.751. The molecule has 0 spiro atoms. The minimum atomic E-state index is -0.0202. The Morgan fingerprint density at radius 1 is 1.32 bits per heavy atom. The molecule has 0 heterocycles. The van der Waals surface area contributed by atoms with Crippen molar-refractivity contribution in [3.63, 3.8) is 0 Å². The average molecular weight is 437 g/mol. The summed E-state index contributed by atoms with van der Waals surface area (Å²) in [6.07, 6.45) is 2.91. The highest BCUT2D eigenvalue weighted by molar-refractivity contribution is 14.0. The molecule has 0 aliphatic heterocycles. The number of aliphatic imine (C=N–C) groups is 1. The van der Waals surface area contributed by atoms with Gasteiger partial charge in [0.2, 0.25) is 5.91 Å². The molecule has 0 aliphatic rings. The number of rotatable bonds is 7. The van der Waals surface area contributed by atoms with Gasteiger partial charge in [-0.3, -0.25) is 9.79 Å². The molecular weight excluding hydrogens is 415 g/mol. The van der Waals surface area contributed by atoms with Crippen molar-refractivity contribution in [2.24, 2.45) is 4.99 Å². The maximum Gasteiger partial charge on any atom is 0.224 e. The number of amides is 1. The van der Waals surface area contributed by atoms with Gasteiger partial charge in [0.25, 0.3) is 0 Å². The molecule has 0 aromatic heterocycles. The molecule has 0 saturated carbocycles. The van der Waals surface area contributed by atoms with Crippen molar-refractivity contribution < 1.29 is 4.79 Å². The van der Waals surface area contributed by atoms with Crippen molar-refractivity contribution >= 4 is 53.1 Å². The summed E-state index contributed by atoms with van der Waals surface area (Å²) in [5, 5.41) is 9.65. The molecular formula is C15H22ClIN4O. The number of guanidine groups is 1. The van der Waals surface area contributed by atoms with Gasteiger partial charge in [0.15, 0.2) is 5.96 Å². The summed E-state index contributed by atoms with van der Waals surface area (Å²) in [4.78, 5) is 15.8. The lowest BCUT2D eigenvalue weighted by molar-refractivity contribution is -0.116. The second-order valence-corrected chi connectivity index (χ2v) is 4.76. The van der Waals surface area contributed by atoms with Crippen LogP contribution in [0.4, 0.5) is 5.69 Å². The molecule has 0 bridgehead atoms. The molecule has 7 heteroatoms.